The summed E-state index contributed by atoms with van der Waals surface area (Å²) in [6.07, 6.45) is 2.38. The first-order valence-electron chi connectivity index (χ1n) is 8.68. The molecule has 126 valence electrons. The lowest BCUT2D eigenvalue weighted by molar-refractivity contribution is -0.139. The maximum atomic E-state index is 12.9. The van der Waals surface area contributed by atoms with E-state index in [0.29, 0.717) is 6.42 Å². The van der Waals surface area contributed by atoms with Crippen molar-refractivity contribution in [2.45, 2.75) is 45.3 Å². The first-order chi connectivity index (χ1) is 11.6. The summed E-state index contributed by atoms with van der Waals surface area (Å²) in [6.45, 7) is 5.62. The van der Waals surface area contributed by atoms with Gasteiger partial charge >= 0.3 is 0 Å². The summed E-state index contributed by atoms with van der Waals surface area (Å²) < 4.78 is 7.96. The number of hydrogen-bond donors (Lipinski definition) is 0. The number of nitrogens with zero attached hydrogens (tertiary/aromatic N) is 3. The minimum Gasteiger partial charge on any atom is -0.480 e. The van der Waals surface area contributed by atoms with Gasteiger partial charge in [0.15, 0.2) is 6.10 Å². The van der Waals surface area contributed by atoms with E-state index in [0.717, 1.165) is 48.6 Å². The van der Waals surface area contributed by atoms with Crippen LogP contribution in [-0.4, -0.2) is 39.8 Å². The van der Waals surface area contributed by atoms with Crippen LogP contribution in [0.4, 0.5) is 0 Å². The molecular formula is C19H23N3O2. The van der Waals surface area contributed by atoms with E-state index in [1.54, 1.807) is 0 Å². The molecule has 24 heavy (non-hydrogen) atoms. The summed E-state index contributed by atoms with van der Waals surface area (Å²) >= 11 is 0. The molecule has 2 atom stereocenters. The molecule has 0 spiro atoms. The van der Waals surface area contributed by atoms with E-state index in [4.69, 9.17) is 4.74 Å². The summed E-state index contributed by atoms with van der Waals surface area (Å²) in [4.78, 5) is 14.9. The van der Waals surface area contributed by atoms with Crippen molar-refractivity contribution in [3.63, 3.8) is 0 Å². The number of carbonyl (C=O) groups excluding carboxylic acids is 1. The molecule has 0 N–H and O–H groups in total. The van der Waals surface area contributed by atoms with Gasteiger partial charge in [0.1, 0.15) is 5.75 Å². The van der Waals surface area contributed by atoms with Gasteiger partial charge in [-0.3, -0.25) is 9.48 Å². The first-order valence-corrected chi connectivity index (χ1v) is 8.68. The van der Waals surface area contributed by atoms with Crippen molar-refractivity contribution in [3.05, 3.63) is 47.3 Å². The third kappa shape index (κ3) is 2.68. The Morgan fingerprint density at radius 2 is 2.12 bits per heavy atom. The van der Waals surface area contributed by atoms with Gasteiger partial charge in [0.25, 0.3) is 5.91 Å². The van der Waals surface area contributed by atoms with Crippen molar-refractivity contribution in [3.8, 4) is 5.75 Å². The van der Waals surface area contributed by atoms with E-state index in [1.165, 1.54) is 0 Å². The third-order valence-corrected chi connectivity index (χ3v) is 5.02. The second-order valence-electron chi connectivity index (χ2n) is 6.87. The molecule has 5 heteroatoms. The minimum atomic E-state index is -0.374. The molecule has 0 aliphatic carbocycles. The van der Waals surface area contributed by atoms with Gasteiger partial charge in [0.05, 0.1) is 11.7 Å². The molecule has 1 saturated heterocycles. The predicted molar refractivity (Wildman–Crippen MR) is 91.1 cm³/mol. The number of aryl methyl sites for hydroxylation is 2. The number of aromatic nitrogens is 2. The zero-order chi connectivity index (χ0) is 16.7. The van der Waals surface area contributed by atoms with E-state index in [-0.39, 0.29) is 18.1 Å². The molecular weight excluding hydrogens is 302 g/mol. The van der Waals surface area contributed by atoms with Gasteiger partial charge in [-0.15, -0.1) is 0 Å². The summed E-state index contributed by atoms with van der Waals surface area (Å²) in [7, 11) is 0. The van der Waals surface area contributed by atoms with Gasteiger partial charge in [-0.05, 0) is 44.4 Å². The zero-order valence-electron chi connectivity index (χ0n) is 14.2. The fraction of sp³-hybridized carbons (Fsp3) is 0.474. The van der Waals surface area contributed by atoms with Crippen LogP contribution in [0.2, 0.25) is 0 Å². The quantitative estimate of drug-likeness (QED) is 0.853. The van der Waals surface area contributed by atoms with E-state index >= 15 is 0 Å². The van der Waals surface area contributed by atoms with Gasteiger partial charge in [-0.2, -0.15) is 5.10 Å². The average molecular weight is 325 g/mol. The molecule has 2 aliphatic heterocycles. The molecule has 1 amide bonds. The maximum absolute atomic E-state index is 12.9. The monoisotopic (exact) mass is 325 g/mol. The lowest BCUT2D eigenvalue weighted by Crippen LogP contribution is -2.47. The lowest BCUT2D eigenvalue weighted by Gasteiger charge is -2.34. The van der Waals surface area contributed by atoms with Crippen LogP contribution < -0.4 is 4.74 Å². The fourth-order valence-electron chi connectivity index (χ4n) is 3.89. The molecule has 4 rings (SSSR count). The predicted octanol–water partition coefficient (Wildman–Crippen LogP) is 2.67. The van der Waals surface area contributed by atoms with Crippen LogP contribution >= 0.6 is 0 Å². The Kier molecular flexibility index (Phi) is 3.79. The van der Waals surface area contributed by atoms with Gasteiger partial charge in [-0.25, -0.2) is 0 Å². The number of piperidine rings is 1. The summed E-state index contributed by atoms with van der Waals surface area (Å²) in [6, 6.07) is 10.3. The molecule has 2 aromatic rings. The number of para-hydroxylation sites is 1. The van der Waals surface area contributed by atoms with E-state index < -0.39 is 0 Å². The first kappa shape index (κ1) is 15.2. The standard InChI is InChI=1S/C19H23N3O2/c1-13-10-14(2)22(20-13)16-7-5-9-21(12-16)19(23)18-11-15-6-3-4-8-17(15)24-18/h3-4,6,8,10,16,18H,5,7,9,11-12H2,1-2H3. The van der Waals surface area contributed by atoms with Crippen LogP contribution in [0, 0.1) is 13.8 Å². The molecule has 0 bridgehead atoms. The minimum absolute atomic E-state index is 0.109. The topological polar surface area (TPSA) is 47.4 Å². The van der Waals surface area contributed by atoms with Crippen LogP contribution in [-0.2, 0) is 11.2 Å². The smallest absolute Gasteiger partial charge is 0.264 e. The van der Waals surface area contributed by atoms with Crippen molar-refractivity contribution in [1.82, 2.24) is 14.7 Å². The number of hydrogen-bond acceptors (Lipinski definition) is 3. The molecule has 0 radical (unpaired) electrons. The number of fused-ring (bicyclic) bond motifs is 1. The van der Waals surface area contributed by atoms with Gasteiger partial charge in [0, 0.05) is 25.2 Å². The summed E-state index contributed by atoms with van der Waals surface area (Å²) in [5.74, 6) is 0.959. The highest BCUT2D eigenvalue weighted by atomic mass is 16.5. The number of likely N-dealkylation sites (tertiary alicyclic amines) is 1. The van der Waals surface area contributed by atoms with Gasteiger partial charge in [-0.1, -0.05) is 18.2 Å². The highest BCUT2D eigenvalue weighted by Gasteiger charge is 2.35. The van der Waals surface area contributed by atoms with Crippen molar-refractivity contribution >= 4 is 5.91 Å². The molecule has 1 aromatic heterocycles. The lowest BCUT2D eigenvalue weighted by atomic mass is 10.0. The molecule has 1 fully saturated rings. The number of carbonyl (C=O) groups is 1. The fourth-order valence-corrected chi connectivity index (χ4v) is 3.89. The van der Waals surface area contributed by atoms with Crippen molar-refractivity contribution in [2.24, 2.45) is 0 Å². The highest BCUT2D eigenvalue weighted by Crippen LogP contribution is 2.30. The van der Waals surface area contributed by atoms with Crippen molar-refractivity contribution in [2.75, 3.05) is 13.1 Å². The Labute approximate surface area is 142 Å². The molecule has 3 heterocycles. The SMILES string of the molecule is Cc1cc(C)n(C2CCCN(C(=O)C3Cc4ccccc4O3)C2)n1. The summed E-state index contributed by atoms with van der Waals surface area (Å²) in [5, 5.41) is 4.61. The van der Waals surface area contributed by atoms with Crippen LogP contribution in [0.1, 0.15) is 35.8 Å². The van der Waals surface area contributed by atoms with Crippen molar-refractivity contribution in [1.29, 1.82) is 0 Å². The Morgan fingerprint density at radius 3 is 2.88 bits per heavy atom. The third-order valence-electron chi connectivity index (χ3n) is 5.02. The highest BCUT2D eigenvalue weighted by molar-refractivity contribution is 5.82. The second kappa shape index (κ2) is 5.96. The number of rotatable bonds is 2. The largest absolute Gasteiger partial charge is 0.480 e. The number of ether oxygens (including phenoxy) is 1. The van der Waals surface area contributed by atoms with Crippen LogP contribution in [0.15, 0.2) is 30.3 Å². The molecule has 1 aromatic carbocycles. The Bertz CT molecular complexity index is 743. The van der Waals surface area contributed by atoms with Crippen molar-refractivity contribution < 1.29 is 9.53 Å². The second-order valence-corrected chi connectivity index (χ2v) is 6.87. The van der Waals surface area contributed by atoms with Gasteiger partial charge in [0.2, 0.25) is 0 Å². The molecule has 2 unspecified atom stereocenters. The molecule has 5 nitrogen and oxygen atoms in total. The summed E-state index contributed by atoms with van der Waals surface area (Å²) in [5.41, 5.74) is 3.32. The van der Waals surface area contributed by atoms with Crippen LogP contribution in [0.3, 0.4) is 0 Å². The average Bonchev–Trinajstić information content (AvgIpc) is 3.17. The van der Waals surface area contributed by atoms with E-state index in [1.807, 2.05) is 36.1 Å². The van der Waals surface area contributed by atoms with Crippen LogP contribution in [0.5, 0.6) is 5.75 Å². The maximum Gasteiger partial charge on any atom is 0.264 e. The Morgan fingerprint density at radius 1 is 1.29 bits per heavy atom. The Balaban J connectivity index is 1.47. The molecule has 2 aliphatic rings. The normalized spacial score (nSPS) is 23.0. The van der Waals surface area contributed by atoms with Crippen LogP contribution in [0.25, 0.3) is 0 Å². The van der Waals surface area contributed by atoms with E-state index in [9.17, 15) is 4.79 Å². The Hall–Kier alpha value is -2.30. The van der Waals surface area contributed by atoms with E-state index in [2.05, 4.69) is 22.8 Å². The number of amides is 1. The molecule has 0 saturated carbocycles. The van der Waals surface area contributed by atoms with Gasteiger partial charge < -0.3 is 9.64 Å². The zero-order valence-corrected chi connectivity index (χ0v) is 14.2. The number of benzene rings is 1.